The summed E-state index contributed by atoms with van der Waals surface area (Å²) >= 11 is 5.71. The summed E-state index contributed by atoms with van der Waals surface area (Å²) in [6.07, 6.45) is 1.99. The lowest BCUT2D eigenvalue weighted by atomic mass is 9.83. The summed E-state index contributed by atoms with van der Waals surface area (Å²) in [7, 11) is 0. The summed E-state index contributed by atoms with van der Waals surface area (Å²) in [5.41, 5.74) is 1.67. The lowest BCUT2D eigenvalue weighted by Gasteiger charge is -2.27. The van der Waals surface area contributed by atoms with Gasteiger partial charge in [-0.05, 0) is 36.6 Å². The van der Waals surface area contributed by atoms with Gasteiger partial charge in [-0.3, -0.25) is 9.78 Å². The molecule has 1 heterocycles. The highest BCUT2D eigenvalue weighted by atomic mass is 35.5. The van der Waals surface area contributed by atoms with Crippen molar-refractivity contribution in [2.24, 2.45) is 0 Å². The van der Waals surface area contributed by atoms with Crippen molar-refractivity contribution in [3.63, 3.8) is 0 Å². The molecule has 0 radical (unpaired) electrons. The Morgan fingerprint density at radius 3 is 3.00 bits per heavy atom. The van der Waals surface area contributed by atoms with Crippen LogP contribution in [0, 0.1) is 5.82 Å². The van der Waals surface area contributed by atoms with Crippen LogP contribution in [0.2, 0.25) is 5.02 Å². The molecule has 3 rings (SSSR count). The van der Waals surface area contributed by atoms with Crippen LogP contribution in [-0.2, 0) is 11.3 Å². The molecule has 1 aromatic carbocycles. The van der Waals surface area contributed by atoms with Gasteiger partial charge in [-0.1, -0.05) is 23.7 Å². The van der Waals surface area contributed by atoms with E-state index in [1.54, 1.807) is 30.5 Å². The van der Waals surface area contributed by atoms with Gasteiger partial charge in [0.05, 0.1) is 17.7 Å². The van der Waals surface area contributed by atoms with Crippen molar-refractivity contribution in [3.8, 4) is 0 Å². The van der Waals surface area contributed by atoms with Gasteiger partial charge in [0, 0.05) is 23.3 Å². The lowest BCUT2D eigenvalue weighted by Crippen LogP contribution is -2.32. The van der Waals surface area contributed by atoms with E-state index in [-0.39, 0.29) is 18.4 Å². The molecule has 1 amide bonds. The molecule has 2 N–H and O–H groups in total. The molecule has 1 aliphatic carbocycles. The Morgan fingerprint density at radius 2 is 2.22 bits per heavy atom. The molecular formula is C17H16ClFN2O2. The fraction of sp³-hybridized carbons (Fsp3) is 0.294. The molecule has 0 saturated heterocycles. The van der Waals surface area contributed by atoms with Crippen LogP contribution in [0.1, 0.15) is 41.7 Å². The van der Waals surface area contributed by atoms with Crippen LogP contribution < -0.4 is 5.32 Å². The number of carbonyl (C=O) groups is 1. The number of nitrogens with zero attached hydrogens (tertiary/aromatic N) is 1. The number of carbonyl (C=O) groups excluding carboxylic acids is 1. The zero-order valence-electron chi connectivity index (χ0n) is 12.3. The second kappa shape index (κ2) is 6.64. The Labute approximate surface area is 138 Å². The molecule has 2 aromatic rings. The number of amides is 1. The highest BCUT2D eigenvalue weighted by Gasteiger charge is 2.31. The van der Waals surface area contributed by atoms with Crippen LogP contribution in [0.4, 0.5) is 4.39 Å². The minimum absolute atomic E-state index is 0.0937. The number of aliphatic hydroxyl groups excluding tert-OH is 1. The molecule has 23 heavy (non-hydrogen) atoms. The standard InChI is InChI=1S/C17H16ClFN2O2/c18-11-4-3-10(14(19)8-11)9-21-17(23)13-5-6-15(22)16-12(13)2-1-7-20-16/h1-4,7-8,13,15,22H,5-6,9H2,(H,21,23). The van der Waals surface area contributed by atoms with Gasteiger partial charge in [-0.25, -0.2) is 4.39 Å². The van der Waals surface area contributed by atoms with Crippen molar-refractivity contribution in [2.75, 3.05) is 0 Å². The number of hydrogen-bond acceptors (Lipinski definition) is 3. The zero-order valence-corrected chi connectivity index (χ0v) is 13.1. The van der Waals surface area contributed by atoms with Crippen molar-refractivity contribution in [3.05, 3.63) is 64.2 Å². The van der Waals surface area contributed by atoms with Crippen LogP contribution in [0.25, 0.3) is 0 Å². The van der Waals surface area contributed by atoms with Crippen LogP contribution in [0.3, 0.4) is 0 Å². The first-order valence-corrected chi connectivity index (χ1v) is 7.78. The van der Waals surface area contributed by atoms with Gasteiger partial charge < -0.3 is 10.4 Å². The van der Waals surface area contributed by atoms with E-state index in [0.29, 0.717) is 29.1 Å². The molecule has 120 valence electrons. The fourth-order valence-electron chi connectivity index (χ4n) is 2.86. The van der Waals surface area contributed by atoms with Gasteiger partial charge in [0.1, 0.15) is 5.82 Å². The van der Waals surface area contributed by atoms with E-state index < -0.39 is 11.9 Å². The van der Waals surface area contributed by atoms with Crippen LogP contribution >= 0.6 is 11.6 Å². The summed E-state index contributed by atoms with van der Waals surface area (Å²) < 4.78 is 13.8. The monoisotopic (exact) mass is 334 g/mol. The predicted octanol–water partition coefficient (Wildman–Crippen LogP) is 3.10. The van der Waals surface area contributed by atoms with E-state index in [4.69, 9.17) is 11.6 Å². The molecule has 0 fully saturated rings. The first kappa shape index (κ1) is 15.9. The average Bonchev–Trinajstić information content (AvgIpc) is 2.54. The number of halogens is 2. The first-order chi connectivity index (χ1) is 11.1. The van der Waals surface area contributed by atoms with E-state index in [9.17, 15) is 14.3 Å². The summed E-state index contributed by atoms with van der Waals surface area (Å²) in [4.78, 5) is 16.6. The smallest absolute Gasteiger partial charge is 0.227 e. The van der Waals surface area contributed by atoms with Gasteiger partial charge in [0.15, 0.2) is 0 Å². The number of nitrogens with one attached hydrogen (secondary N) is 1. The molecule has 0 bridgehead atoms. The number of aliphatic hydroxyl groups is 1. The maximum absolute atomic E-state index is 13.8. The Kier molecular flexibility index (Phi) is 4.59. The molecule has 4 nitrogen and oxygen atoms in total. The van der Waals surface area contributed by atoms with Crippen molar-refractivity contribution < 1.29 is 14.3 Å². The second-order valence-electron chi connectivity index (χ2n) is 5.58. The van der Waals surface area contributed by atoms with Gasteiger partial charge in [0.2, 0.25) is 5.91 Å². The van der Waals surface area contributed by atoms with Crippen molar-refractivity contribution >= 4 is 17.5 Å². The Morgan fingerprint density at radius 1 is 1.39 bits per heavy atom. The SMILES string of the molecule is O=C(NCc1ccc(Cl)cc1F)C1CCC(O)c2ncccc21. The maximum Gasteiger partial charge on any atom is 0.227 e. The number of hydrogen-bond donors (Lipinski definition) is 2. The van der Waals surface area contributed by atoms with Crippen LogP contribution in [0.15, 0.2) is 36.5 Å². The van der Waals surface area contributed by atoms with Crippen molar-refractivity contribution in [2.45, 2.75) is 31.4 Å². The Balaban J connectivity index is 1.73. The molecule has 2 atom stereocenters. The molecule has 0 aliphatic heterocycles. The minimum Gasteiger partial charge on any atom is -0.387 e. The largest absolute Gasteiger partial charge is 0.387 e. The third-order valence-electron chi connectivity index (χ3n) is 4.08. The number of benzene rings is 1. The number of pyridine rings is 1. The Hall–Kier alpha value is -1.98. The summed E-state index contributed by atoms with van der Waals surface area (Å²) in [5.74, 6) is -1.02. The quantitative estimate of drug-likeness (QED) is 0.906. The minimum atomic E-state index is -0.635. The van der Waals surface area contributed by atoms with Crippen molar-refractivity contribution in [1.29, 1.82) is 0 Å². The molecule has 0 spiro atoms. The van der Waals surface area contributed by atoms with Gasteiger partial charge in [-0.2, -0.15) is 0 Å². The first-order valence-electron chi connectivity index (χ1n) is 7.41. The molecule has 1 aliphatic rings. The van der Waals surface area contributed by atoms with E-state index in [0.717, 1.165) is 5.56 Å². The van der Waals surface area contributed by atoms with Crippen molar-refractivity contribution in [1.82, 2.24) is 10.3 Å². The van der Waals surface area contributed by atoms with E-state index in [1.807, 2.05) is 0 Å². The third-order valence-corrected chi connectivity index (χ3v) is 4.31. The normalized spacial score (nSPS) is 20.0. The van der Waals surface area contributed by atoms with E-state index in [2.05, 4.69) is 10.3 Å². The predicted molar refractivity (Wildman–Crippen MR) is 84.4 cm³/mol. The maximum atomic E-state index is 13.8. The summed E-state index contributed by atoms with van der Waals surface area (Å²) in [6.45, 7) is 0.0937. The number of aromatic nitrogens is 1. The van der Waals surface area contributed by atoms with Crippen LogP contribution in [-0.4, -0.2) is 16.0 Å². The Bertz CT molecular complexity index is 738. The van der Waals surface area contributed by atoms with Gasteiger partial charge in [-0.15, -0.1) is 0 Å². The molecule has 1 aromatic heterocycles. The van der Waals surface area contributed by atoms with Gasteiger partial charge in [0.25, 0.3) is 0 Å². The fourth-order valence-corrected chi connectivity index (χ4v) is 3.02. The highest BCUT2D eigenvalue weighted by Crippen LogP contribution is 2.36. The lowest BCUT2D eigenvalue weighted by molar-refractivity contribution is -0.123. The summed E-state index contributed by atoms with van der Waals surface area (Å²) in [5, 5.41) is 13.0. The second-order valence-corrected chi connectivity index (χ2v) is 6.01. The zero-order chi connectivity index (χ0) is 16.4. The molecule has 6 heteroatoms. The molecule has 2 unspecified atom stereocenters. The summed E-state index contributed by atoms with van der Waals surface area (Å²) in [6, 6.07) is 7.91. The highest BCUT2D eigenvalue weighted by molar-refractivity contribution is 6.30. The van der Waals surface area contributed by atoms with Gasteiger partial charge >= 0.3 is 0 Å². The molecule has 0 saturated carbocycles. The van der Waals surface area contributed by atoms with E-state index in [1.165, 1.54) is 6.07 Å². The van der Waals surface area contributed by atoms with Crippen LogP contribution in [0.5, 0.6) is 0 Å². The third kappa shape index (κ3) is 3.35. The average molecular weight is 335 g/mol. The topological polar surface area (TPSA) is 62.2 Å². The molecular weight excluding hydrogens is 319 g/mol. The van der Waals surface area contributed by atoms with E-state index >= 15 is 0 Å². The number of fused-ring (bicyclic) bond motifs is 1. The number of rotatable bonds is 3.